The smallest absolute Gasteiger partial charge is 0.257 e. The maximum absolute atomic E-state index is 12.8. The Morgan fingerprint density at radius 3 is 2.67 bits per heavy atom. The Bertz CT molecular complexity index is 804. The van der Waals surface area contributed by atoms with Crippen molar-refractivity contribution in [2.75, 3.05) is 25.5 Å². The Labute approximate surface area is 160 Å². The molecule has 27 heavy (non-hydrogen) atoms. The first-order chi connectivity index (χ1) is 13.1. The summed E-state index contributed by atoms with van der Waals surface area (Å²) in [6.07, 6.45) is 9.45. The van der Waals surface area contributed by atoms with Gasteiger partial charge < -0.3 is 19.5 Å². The number of ether oxygens (including phenoxy) is 1. The lowest BCUT2D eigenvalue weighted by molar-refractivity contribution is 0.102. The lowest BCUT2D eigenvalue weighted by atomic mass is 9.81. The fourth-order valence-electron chi connectivity index (χ4n) is 3.95. The van der Waals surface area contributed by atoms with Gasteiger partial charge in [-0.25, -0.2) is 4.98 Å². The normalized spacial score (nSPS) is 18.9. The molecule has 6 heteroatoms. The topological polar surface area (TPSA) is 59.4 Å². The second-order valence-corrected chi connectivity index (χ2v) is 7.81. The van der Waals surface area contributed by atoms with Crippen LogP contribution >= 0.6 is 0 Å². The van der Waals surface area contributed by atoms with Gasteiger partial charge in [-0.2, -0.15) is 0 Å². The lowest BCUT2D eigenvalue weighted by Gasteiger charge is -2.29. The predicted octanol–water partition coefficient (Wildman–Crippen LogP) is 3.41. The van der Waals surface area contributed by atoms with E-state index in [-0.39, 0.29) is 12.0 Å². The van der Waals surface area contributed by atoms with Crippen LogP contribution in [0.15, 0.2) is 30.6 Å². The van der Waals surface area contributed by atoms with Gasteiger partial charge in [-0.1, -0.05) is 6.42 Å². The van der Waals surface area contributed by atoms with Gasteiger partial charge in [0, 0.05) is 50.0 Å². The molecule has 6 nitrogen and oxygen atoms in total. The van der Waals surface area contributed by atoms with Crippen LogP contribution in [0.5, 0.6) is 5.88 Å². The van der Waals surface area contributed by atoms with Gasteiger partial charge in [-0.15, -0.1) is 0 Å². The molecule has 1 aliphatic heterocycles. The summed E-state index contributed by atoms with van der Waals surface area (Å²) in [4.78, 5) is 19.5. The number of rotatable bonds is 5. The van der Waals surface area contributed by atoms with Crippen molar-refractivity contribution in [2.24, 2.45) is 7.05 Å². The molecule has 1 N–H and O–H groups in total. The molecule has 2 aromatic rings. The number of amides is 1. The van der Waals surface area contributed by atoms with E-state index in [0.29, 0.717) is 11.8 Å². The number of aryl methyl sites for hydroxylation is 1. The maximum Gasteiger partial charge on any atom is 0.257 e. The Morgan fingerprint density at radius 1 is 1.19 bits per heavy atom. The molecular weight excluding hydrogens is 340 g/mol. The largest absolute Gasteiger partial charge is 0.474 e. The molecule has 1 saturated heterocycles. The highest BCUT2D eigenvalue weighted by Gasteiger charge is 2.27. The number of likely N-dealkylation sites (tertiary alicyclic amines) is 1. The van der Waals surface area contributed by atoms with Gasteiger partial charge in [0.1, 0.15) is 6.10 Å². The van der Waals surface area contributed by atoms with Crippen LogP contribution in [0.1, 0.15) is 54.1 Å². The number of hydrogen-bond donors (Lipinski definition) is 1. The number of pyridine rings is 1. The summed E-state index contributed by atoms with van der Waals surface area (Å²) in [5.74, 6) is 1.02. The van der Waals surface area contributed by atoms with Crippen LogP contribution in [0.2, 0.25) is 0 Å². The van der Waals surface area contributed by atoms with Gasteiger partial charge in [0.2, 0.25) is 5.88 Å². The number of anilines is 1. The summed E-state index contributed by atoms with van der Waals surface area (Å²) in [5, 5.41) is 3.02. The maximum atomic E-state index is 12.8. The second-order valence-electron chi connectivity index (χ2n) is 7.81. The summed E-state index contributed by atoms with van der Waals surface area (Å²) in [5.41, 5.74) is 2.65. The molecule has 1 aliphatic carbocycles. The van der Waals surface area contributed by atoms with Crippen molar-refractivity contribution in [3.8, 4) is 5.88 Å². The highest BCUT2D eigenvalue weighted by atomic mass is 16.5. The molecule has 0 atom stereocenters. The van der Waals surface area contributed by atoms with E-state index in [1.807, 2.05) is 31.4 Å². The van der Waals surface area contributed by atoms with Gasteiger partial charge in [0.05, 0.1) is 5.56 Å². The fraction of sp³-hybridized carbons (Fsp3) is 0.524. The van der Waals surface area contributed by atoms with Crippen LogP contribution in [-0.2, 0) is 7.05 Å². The molecule has 1 amide bonds. The molecule has 0 spiro atoms. The van der Waals surface area contributed by atoms with E-state index in [4.69, 9.17) is 4.74 Å². The van der Waals surface area contributed by atoms with Crippen LogP contribution in [-0.4, -0.2) is 46.6 Å². The third kappa shape index (κ3) is 4.00. The zero-order valence-corrected chi connectivity index (χ0v) is 16.1. The predicted molar refractivity (Wildman–Crippen MR) is 105 cm³/mol. The molecule has 1 saturated carbocycles. The molecule has 2 fully saturated rings. The molecule has 2 aliphatic rings. The monoisotopic (exact) mass is 368 g/mol. The molecule has 144 valence electrons. The molecule has 0 unspecified atom stereocenters. The van der Waals surface area contributed by atoms with E-state index in [1.165, 1.54) is 19.3 Å². The summed E-state index contributed by atoms with van der Waals surface area (Å²) < 4.78 is 8.11. The third-order valence-corrected chi connectivity index (χ3v) is 5.80. The summed E-state index contributed by atoms with van der Waals surface area (Å²) in [7, 11) is 4.15. The highest BCUT2D eigenvalue weighted by Crippen LogP contribution is 2.38. The van der Waals surface area contributed by atoms with Crippen LogP contribution < -0.4 is 10.1 Å². The highest BCUT2D eigenvalue weighted by molar-refractivity contribution is 6.05. The zero-order chi connectivity index (χ0) is 18.8. The molecule has 3 heterocycles. The third-order valence-electron chi connectivity index (χ3n) is 5.80. The molecule has 4 rings (SSSR count). The average Bonchev–Trinajstić information content (AvgIpc) is 2.98. The number of aromatic nitrogens is 2. The molecule has 0 aromatic carbocycles. The number of nitrogens with one attached hydrogen (secondary N) is 1. The minimum Gasteiger partial charge on any atom is -0.474 e. The van der Waals surface area contributed by atoms with E-state index in [1.54, 1.807) is 6.20 Å². The van der Waals surface area contributed by atoms with Crippen LogP contribution in [0.3, 0.4) is 0 Å². The number of hydrogen-bond acceptors (Lipinski definition) is 4. The molecule has 0 bridgehead atoms. The Hall–Kier alpha value is -2.34. The Balaban J connectivity index is 1.43. The summed E-state index contributed by atoms with van der Waals surface area (Å²) in [6, 6.07) is 5.55. The minimum absolute atomic E-state index is 0.0612. The first-order valence-corrected chi connectivity index (χ1v) is 9.88. The van der Waals surface area contributed by atoms with Crippen molar-refractivity contribution >= 4 is 11.6 Å². The van der Waals surface area contributed by atoms with E-state index in [9.17, 15) is 4.79 Å². The fourth-order valence-corrected chi connectivity index (χ4v) is 3.95. The molecule has 0 radical (unpaired) electrons. The van der Waals surface area contributed by atoms with Crippen molar-refractivity contribution in [3.05, 3.63) is 41.9 Å². The van der Waals surface area contributed by atoms with Crippen LogP contribution in [0.25, 0.3) is 0 Å². The van der Waals surface area contributed by atoms with Gasteiger partial charge in [-0.05, 0) is 50.8 Å². The number of piperidine rings is 1. The van der Waals surface area contributed by atoms with Crippen LogP contribution in [0, 0.1) is 0 Å². The first kappa shape index (κ1) is 18.0. The summed E-state index contributed by atoms with van der Waals surface area (Å²) >= 11 is 0. The standard InChI is InChI=1S/C21H28N4O2/c1-24-11-7-17(8-12-24)27-19-14-16(6-10-22-19)23-21(26)18-9-13-25(2)20(18)15-4-3-5-15/h6,9-10,13-15,17H,3-5,7-8,11-12H2,1-2H3,(H,22,23,26). The average molecular weight is 368 g/mol. The molecule has 2 aromatic heterocycles. The van der Waals surface area contributed by atoms with Crippen molar-refractivity contribution in [1.29, 1.82) is 0 Å². The van der Waals surface area contributed by atoms with Crippen molar-refractivity contribution in [1.82, 2.24) is 14.5 Å². The van der Waals surface area contributed by atoms with E-state index >= 15 is 0 Å². The van der Waals surface area contributed by atoms with Crippen LogP contribution in [0.4, 0.5) is 5.69 Å². The number of carbonyl (C=O) groups excluding carboxylic acids is 1. The van der Waals surface area contributed by atoms with Crippen molar-refractivity contribution in [2.45, 2.75) is 44.1 Å². The van der Waals surface area contributed by atoms with Gasteiger partial charge in [0.15, 0.2) is 0 Å². The Morgan fingerprint density at radius 2 is 1.96 bits per heavy atom. The van der Waals surface area contributed by atoms with Gasteiger partial charge >= 0.3 is 0 Å². The number of carbonyl (C=O) groups is 1. The minimum atomic E-state index is -0.0612. The van der Waals surface area contributed by atoms with Crippen molar-refractivity contribution < 1.29 is 9.53 Å². The summed E-state index contributed by atoms with van der Waals surface area (Å²) in [6.45, 7) is 2.08. The molecular formula is C21H28N4O2. The number of nitrogens with zero attached hydrogens (tertiary/aromatic N) is 3. The van der Waals surface area contributed by atoms with Gasteiger partial charge in [-0.3, -0.25) is 4.79 Å². The first-order valence-electron chi connectivity index (χ1n) is 9.88. The van der Waals surface area contributed by atoms with E-state index in [0.717, 1.165) is 42.9 Å². The lowest BCUT2D eigenvalue weighted by Crippen LogP contribution is -2.35. The quantitative estimate of drug-likeness (QED) is 0.879. The van der Waals surface area contributed by atoms with E-state index in [2.05, 4.69) is 26.8 Å². The second kappa shape index (κ2) is 7.72. The van der Waals surface area contributed by atoms with Crippen molar-refractivity contribution in [3.63, 3.8) is 0 Å². The Kier molecular flexibility index (Phi) is 5.16. The van der Waals surface area contributed by atoms with Gasteiger partial charge in [0.25, 0.3) is 5.91 Å². The SMILES string of the molecule is CN1CCC(Oc2cc(NC(=O)c3ccn(C)c3C3CCC3)ccn2)CC1. The van der Waals surface area contributed by atoms with E-state index < -0.39 is 0 Å². The zero-order valence-electron chi connectivity index (χ0n) is 16.1.